The van der Waals surface area contributed by atoms with Crippen LogP contribution in [0.3, 0.4) is 0 Å². The van der Waals surface area contributed by atoms with Crippen LogP contribution in [0.4, 0.5) is 0 Å². The SMILES string of the molecule is Cn1ccnc1-c1cccc(B(c2ccc3c4ccccc4n(-c4ccccn4)c3c2)c2cccc3c2oc2ccccc23)c1. The van der Waals surface area contributed by atoms with Crippen LogP contribution in [0.1, 0.15) is 0 Å². The molecular weight excluding hydrogens is 551 g/mol. The average molecular weight is 578 g/mol. The van der Waals surface area contributed by atoms with Crippen molar-refractivity contribution >= 4 is 66.8 Å². The number of aryl methyl sites for hydroxylation is 1. The van der Waals surface area contributed by atoms with Gasteiger partial charge in [-0.05, 0) is 35.8 Å². The van der Waals surface area contributed by atoms with Gasteiger partial charge in [-0.25, -0.2) is 9.97 Å². The fourth-order valence-electron chi connectivity index (χ4n) is 6.95. The van der Waals surface area contributed by atoms with E-state index in [1.165, 1.54) is 21.7 Å². The Hall–Kier alpha value is -5.88. The first kappa shape index (κ1) is 25.6. The summed E-state index contributed by atoms with van der Waals surface area (Å²) in [5.74, 6) is 1.83. The zero-order valence-electron chi connectivity index (χ0n) is 24.6. The molecule has 5 nitrogen and oxygen atoms in total. The van der Waals surface area contributed by atoms with Gasteiger partial charge in [0.15, 0.2) is 0 Å². The van der Waals surface area contributed by atoms with Gasteiger partial charge in [-0.1, -0.05) is 108 Å². The quantitative estimate of drug-likeness (QED) is 0.207. The van der Waals surface area contributed by atoms with E-state index < -0.39 is 0 Å². The van der Waals surface area contributed by atoms with Crippen LogP contribution < -0.4 is 16.4 Å². The molecule has 0 saturated heterocycles. The minimum atomic E-state index is -0.103. The second-order valence-corrected chi connectivity index (χ2v) is 11.6. The lowest BCUT2D eigenvalue weighted by molar-refractivity contribution is 0.671. The maximum atomic E-state index is 6.63. The van der Waals surface area contributed by atoms with E-state index >= 15 is 0 Å². The third-order valence-electron chi connectivity index (χ3n) is 8.95. The summed E-state index contributed by atoms with van der Waals surface area (Å²) < 4.78 is 11.0. The van der Waals surface area contributed by atoms with Crippen molar-refractivity contribution in [1.82, 2.24) is 19.1 Å². The highest BCUT2D eigenvalue weighted by Gasteiger charge is 2.28. The fraction of sp³-hybridized carbons (Fsp3) is 0.0256. The summed E-state index contributed by atoms with van der Waals surface area (Å²) in [6.45, 7) is -0.103. The maximum absolute atomic E-state index is 6.63. The van der Waals surface area contributed by atoms with Gasteiger partial charge in [-0.2, -0.15) is 0 Å². The second kappa shape index (κ2) is 10.1. The van der Waals surface area contributed by atoms with Gasteiger partial charge in [0, 0.05) is 52.7 Å². The number of pyridine rings is 1. The lowest BCUT2D eigenvalue weighted by atomic mass is 9.36. The number of benzene rings is 5. The predicted octanol–water partition coefficient (Wildman–Crippen LogP) is 6.99. The molecular formula is C39H27BN4O. The van der Waals surface area contributed by atoms with Crippen molar-refractivity contribution in [3.05, 3.63) is 146 Å². The van der Waals surface area contributed by atoms with Crippen molar-refractivity contribution in [2.24, 2.45) is 7.05 Å². The summed E-state index contributed by atoms with van der Waals surface area (Å²) in [5.41, 5.74) is 8.61. The molecule has 0 saturated carbocycles. The summed E-state index contributed by atoms with van der Waals surface area (Å²) in [6.07, 6.45) is 5.69. The van der Waals surface area contributed by atoms with E-state index in [0.717, 1.165) is 55.6 Å². The zero-order chi connectivity index (χ0) is 29.9. The molecule has 0 radical (unpaired) electrons. The van der Waals surface area contributed by atoms with Crippen molar-refractivity contribution in [3.63, 3.8) is 0 Å². The Morgan fingerprint density at radius 1 is 0.600 bits per heavy atom. The number of furan rings is 1. The average Bonchev–Trinajstić information content (AvgIpc) is 3.79. The largest absolute Gasteiger partial charge is 0.457 e. The predicted molar refractivity (Wildman–Crippen MR) is 186 cm³/mol. The number of para-hydroxylation sites is 3. The van der Waals surface area contributed by atoms with Gasteiger partial charge in [0.05, 0.1) is 11.0 Å². The van der Waals surface area contributed by atoms with E-state index in [0.29, 0.717) is 0 Å². The Bertz CT molecular complexity index is 2520. The molecule has 0 fully saturated rings. The van der Waals surface area contributed by atoms with Crippen molar-refractivity contribution < 1.29 is 4.42 Å². The molecule has 0 spiro atoms. The third-order valence-corrected chi connectivity index (χ3v) is 8.95. The van der Waals surface area contributed by atoms with E-state index in [-0.39, 0.29) is 6.71 Å². The molecule has 4 heterocycles. The first-order chi connectivity index (χ1) is 22.2. The lowest BCUT2D eigenvalue weighted by Crippen LogP contribution is -2.52. The minimum absolute atomic E-state index is 0.103. The van der Waals surface area contributed by atoms with Gasteiger partial charge in [0.1, 0.15) is 22.8 Å². The van der Waals surface area contributed by atoms with E-state index in [1.807, 2.05) is 49.9 Å². The highest BCUT2D eigenvalue weighted by molar-refractivity contribution is 6.97. The van der Waals surface area contributed by atoms with Crippen LogP contribution in [-0.2, 0) is 7.05 Å². The van der Waals surface area contributed by atoms with Gasteiger partial charge < -0.3 is 8.98 Å². The van der Waals surface area contributed by atoms with Gasteiger partial charge >= 0.3 is 0 Å². The Morgan fingerprint density at radius 3 is 2.24 bits per heavy atom. The molecule has 6 heteroatoms. The highest BCUT2D eigenvalue weighted by Crippen LogP contribution is 2.31. The number of rotatable bonds is 5. The zero-order valence-corrected chi connectivity index (χ0v) is 24.6. The molecule has 4 aromatic heterocycles. The molecule has 0 atom stereocenters. The summed E-state index contributed by atoms with van der Waals surface area (Å²) in [5, 5.41) is 4.65. The topological polar surface area (TPSA) is 48.8 Å². The fourth-order valence-corrected chi connectivity index (χ4v) is 6.95. The van der Waals surface area contributed by atoms with Crippen LogP contribution in [0.5, 0.6) is 0 Å². The first-order valence-corrected chi connectivity index (χ1v) is 15.2. The van der Waals surface area contributed by atoms with E-state index in [2.05, 4.69) is 117 Å². The molecule has 0 N–H and O–H groups in total. The summed E-state index contributed by atoms with van der Waals surface area (Å²) in [6, 6.07) is 45.1. The number of imidazole rings is 1. The monoisotopic (exact) mass is 578 g/mol. The van der Waals surface area contributed by atoms with E-state index in [9.17, 15) is 0 Å². The van der Waals surface area contributed by atoms with Crippen LogP contribution in [0, 0.1) is 0 Å². The number of fused-ring (bicyclic) bond motifs is 6. The summed E-state index contributed by atoms with van der Waals surface area (Å²) in [4.78, 5) is 9.42. The molecule has 0 bridgehead atoms. The molecule has 0 aliphatic heterocycles. The lowest BCUT2D eigenvalue weighted by Gasteiger charge is -2.18. The van der Waals surface area contributed by atoms with Crippen LogP contribution in [-0.4, -0.2) is 25.8 Å². The number of aromatic nitrogens is 4. The Balaban J connectivity index is 1.34. The minimum Gasteiger partial charge on any atom is -0.457 e. The highest BCUT2D eigenvalue weighted by atomic mass is 16.3. The van der Waals surface area contributed by atoms with Gasteiger partial charge in [-0.3, -0.25) is 4.57 Å². The van der Waals surface area contributed by atoms with Crippen molar-refractivity contribution in [1.29, 1.82) is 0 Å². The summed E-state index contributed by atoms with van der Waals surface area (Å²) in [7, 11) is 2.03. The molecule has 212 valence electrons. The number of hydrogen-bond donors (Lipinski definition) is 0. The Labute approximate surface area is 260 Å². The van der Waals surface area contributed by atoms with Crippen LogP contribution in [0.2, 0.25) is 0 Å². The molecule has 9 aromatic rings. The summed E-state index contributed by atoms with van der Waals surface area (Å²) >= 11 is 0. The normalized spacial score (nSPS) is 11.7. The molecule has 5 aromatic carbocycles. The van der Waals surface area contributed by atoms with Crippen LogP contribution in [0.25, 0.3) is 61.0 Å². The number of nitrogens with zero attached hydrogens (tertiary/aromatic N) is 4. The maximum Gasteiger partial charge on any atom is 0.246 e. The van der Waals surface area contributed by atoms with Crippen molar-refractivity contribution in [2.45, 2.75) is 0 Å². The molecule has 0 amide bonds. The Kier molecular flexibility index (Phi) is 5.75. The molecule has 0 aliphatic rings. The third kappa shape index (κ3) is 4.03. The smallest absolute Gasteiger partial charge is 0.246 e. The standard InChI is InChI=1S/C39H27BN4O/c1-43-23-22-42-39(43)26-10-8-11-27(24-26)40(33-15-9-14-32-31-13-3-5-17-36(31)45-38(32)33)28-19-20-30-29-12-2-4-16-34(29)44(35(30)25-28)37-18-6-7-21-41-37/h2-25H,1H3. The second-order valence-electron chi connectivity index (χ2n) is 11.6. The van der Waals surface area contributed by atoms with Crippen molar-refractivity contribution in [2.75, 3.05) is 0 Å². The molecule has 9 rings (SSSR count). The molecule has 45 heavy (non-hydrogen) atoms. The van der Waals surface area contributed by atoms with E-state index in [1.54, 1.807) is 0 Å². The van der Waals surface area contributed by atoms with Gasteiger partial charge in [-0.15, -0.1) is 0 Å². The molecule has 0 aliphatic carbocycles. The van der Waals surface area contributed by atoms with Crippen molar-refractivity contribution in [3.8, 4) is 17.2 Å². The van der Waals surface area contributed by atoms with Crippen LogP contribution in [0.15, 0.2) is 150 Å². The molecule has 0 unspecified atom stereocenters. The van der Waals surface area contributed by atoms with Gasteiger partial charge in [0.25, 0.3) is 0 Å². The first-order valence-electron chi connectivity index (χ1n) is 15.2. The van der Waals surface area contributed by atoms with Crippen LogP contribution >= 0.6 is 0 Å². The van der Waals surface area contributed by atoms with Gasteiger partial charge in [0.2, 0.25) is 6.71 Å². The number of hydrogen-bond acceptors (Lipinski definition) is 3. The van der Waals surface area contributed by atoms with E-state index in [4.69, 9.17) is 9.40 Å². The Morgan fingerprint density at radius 2 is 1.38 bits per heavy atom.